The Bertz CT molecular complexity index is 323. The van der Waals surface area contributed by atoms with Gasteiger partial charge in [-0.2, -0.15) is 0 Å². The third-order valence-corrected chi connectivity index (χ3v) is 2.74. The minimum Gasteiger partial charge on any atom is -0.453 e. The molecule has 1 heterocycles. The van der Waals surface area contributed by atoms with Crippen LogP contribution in [0, 0.1) is 6.92 Å². The van der Waals surface area contributed by atoms with Crippen LogP contribution in [-0.2, 0) is 10.2 Å². The Morgan fingerprint density at radius 2 is 2.33 bits per heavy atom. The van der Waals surface area contributed by atoms with E-state index in [9.17, 15) is 4.79 Å². The van der Waals surface area contributed by atoms with Crippen molar-refractivity contribution >= 4 is 22.2 Å². The third kappa shape index (κ3) is 1.04. The number of carbonyl (C=O) groups excluding carboxylic acids is 1. The van der Waals surface area contributed by atoms with Crippen LogP contribution in [0.15, 0.2) is 15.2 Å². The molecule has 1 aliphatic rings. The summed E-state index contributed by atoms with van der Waals surface area (Å²) in [5, 5.41) is 0. The predicted molar refractivity (Wildman–Crippen MR) is 48.1 cm³/mol. The number of halogens is 1. The van der Waals surface area contributed by atoms with Crippen LogP contribution in [0.4, 0.5) is 0 Å². The fraction of sp³-hybridized carbons (Fsp3) is 0.444. The van der Waals surface area contributed by atoms with E-state index in [1.54, 1.807) is 0 Å². The Kier molecular flexibility index (Phi) is 1.65. The van der Waals surface area contributed by atoms with Gasteiger partial charge in [-0.05, 0) is 47.3 Å². The van der Waals surface area contributed by atoms with Crippen molar-refractivity contribution in [2.45, 2.75) is 25.2 Å². The molecular formula is C9H9BrO2. The molecule has 0 saturated heterocycles. The van der Waals surface area contributed by atoms with Gasteiger partial charge < -0.3 is 9.21 Å². The van der Waals surface area contributed by atoms with E-state index in [0.29, 0.717) is 4.67 Å². The molecule has 1 saturated carbocycles. The van der Waals surface area contributed by atoms with Crippen molar-refractivity contribution in [2.75, 3.05) is 0 Å². The molecule has 3 heteroatoms. The zero-order valence-electron chi connectivity index (χ0n) is 6.76. The number of rotatable bonds is 2. The highest BCUT2D eigenvalue weighted by atomic mass is 79.9. The van der Waals surface area contributed by atoms with Crippen LogP contribution in [0.2, 0.25) is 0 Å². The molecule has 1 fully saturated rings. The van der Waals surface area contributed by atoms with Crippen LogP contribution in [0.25, 0.3) is 0 Å². The number of aryl methyl sites for hydroxylation is 1. The van der Waals surface area contributed by atoms with Gasteiger partial charge >= 0.3 is 0 Å². The van der Waals surface area contributed by atoms with Crippen LogP contribution in [-0.4, -0.2) is 6.29 Å². The van der Waals surface area contributed by atoms with Crippen LogP contribution >= 0.6 is 15.9 Å². The van der Waals surface area contributed by atoms with E-state index >= 15 is 0 Å². The van der Waals surface area contributed by atoms with Crippen LogP contribution in [0.1, 0.15) is 24.2 Å². The van der Waals surface area contributed by atoms with E-state index in [1.165, 1.54) is 0 Å². The highest BCUT2D eigenvalue weighted by molar-refractivity contribution is 9.10. The second kappa shape index (κ2) is 2.46. The lowest BCUT2D eigenvalue weighted by Crippen LogP contribution is -2.07. The van der Waals surface area contributed by atoms with Gasteiger partial charge in [-0.3, -0.25) is 0 Å². The summed E-state index contributed by atoms with van der Waals surface area (Å²) in [6.07, 6.45) is 2.86. The van der Waals surface area contributed by atoms with Crippen molar-refractivity contribution in [2.24, 2.45) is 0 Å². The van der Waals surface area contributed by atoms with Crippen molar-refractivity contribution in [1.29, 1.82) is 0 Å². The molecule has 1 aromatic heterocycles. The fourth-order valence-electron chi connectivity index (χ4n) is 1.47. The minimum atomic E-state index is -0.282. The molecule has 1 aliphatic carbocycles. The van der Waals surface area contributed by atoms with Gasteiger partial charge in [-0.1, -0.05) is 0 Å². The van der Waals surface area contributed by atoms with Gasteiger partial charge in [0, 0.05) is 0 Å². The van der Waals surface area contributed by atoms with Gasteiger partial charge in [0.1, 0.15) is 12.0 Å². The standard InChI is InChI=1S/C9H9BrO2/c1-6-4-7(10)12-8(6)9(5-11)2-3-9/h4-5H,2-3H2,1H3. The topological polar surface area (TPSA) is 30.2 Å². The smallest absolute Gasteiger partial charge is 0.169 e. The lowest BCUT2D eigenvalue weighted by molar-refractivity contribution is -0.110. The van der Waals surface area contributed by atoms with Crippen molar-refractivity contribution in [1.82, 2.24) is 0 Å². The molecule has 1 aromatic rings. The first-order chi connectivity index (χ1) is 5.68. The average Bonchev–Trinajstić information content (AvgIpc) is 2.74. The first kappa shape index (κ1) is 8.05. The third-order valence-electron chi connectivity index (χ3n) is 2.35. The lowest BCUT2D eigenvalue weighted by Gasteiger charge is -2.02. The summed E-state index contributed by atoms with van der Waals surface area (Å²) in [4.78, 5) is 10.8. The average molecular weight is 229 g/mol. The van der Waals surface area contributed by atoms with E-state index in [0.717, 1.165) is 30.5 Å². The number of hydrogen-bond acceptors (Lipinski definition) is 2. The summed E-state index contributed by atoms with van der Waals surface area (Å²) in [5.74, 6) is 0.837. The number of carbonyl (C=O) groups is 1. The summed E-state index contributed by atoms with van der Waals surface area (Å²) < 4.78 is 6.13. The molecule has 0 amide bonds. The van der Waals surface area contributed by atoms with E-state index in [1.807, 2.05) is 13.0 Å². The molecule has 0 aliphatic heterocycles. The summed E-state index contributed by atoms with van der Waals surface area (Å²) in [5.41, 5.74) is 0.780. The maximum atomic E-state index is 10.8. The van der Waals surface area contributed by atoms with Crippen LogP contribution < -0.4 is 0 Å². The number of aldehydes is 1. The van der Waals surface area contributed by atoms with E-state index in [4.69, 9.17) is 4.42 Å². The molecule has 0 radical (unpaired) electrons. The van der Waals surface area contributed by atoms with Gasteiger partial charge in [-0.25, -0.2) is 0 Å². The highest BCUT2D eigenvalue weighted by Crippen LogP contribution is 2.48. The fourth-order valence-corrected chi connectivity index (χ4v) is 1.98. The molecule has 2 rings (SSSR count). The maximum Gasteiger partial charge on any atom is 0.169 e. The Labute approximate surface area is 79.1 Å². The Morgan fingerprint density at radius 3 is 2.67 bits per heavy atom. The monoisotopic (exact) mass is 228 g/mol. The van der Waals surface area contributed by atoms with E-state index in [2.05, 4.69) is 15.9 Å². The predicted octanol–water partition coefficient (Wildman–Crippen LogP) is 2.58. The molecule has 0 bridgehead atoms. The zero-order valence-corrected chi connectivity index (χ0v) is 8.35. The SMILES string of the molecule is Cc1cc(Br)oc1C1(C=O)CC1. The van der Waals surface area contributed by atoms with Gasteiger partial charge in [0.25, 0.3) is 0 Å². The van der Waals surface area contributed by atoms with Crippen molar-refractivity contribution < 1.29 is 9.21 Å². The Hall–Kier alpha value is -0.570. The zero-order chi connectivity index (χ0) is 8.77. The summed E-state index contributed by atoms with van der Waals surface area (Å²) in [7, 11) is 0. The molecule has 0 atom stereocenters. The van der Waals surface area contributed by atoms with E-state index in [-0.39, 0.29) is 5.41 Å². The first-order valence-electron chi connectivity index (χ1n) is 3.91. The molecule has 0 unspecified atom stereocenters. The molecule has 0 spiro atoms. The summed E-state index contributed by atoms with van der Waals surface area (Å²) in [6, 6.07) is 1.90. The van der Waals surface area contributed by atoms with Gasteiger partial charge in [0.15, 0.2) is 4.67 Å². The van der Waals surface area contributed by atoms with Crippen LogP contribution in [0.5, 0.6) is 0 Å². The van der Waals surface area contributed by atoms with E-state index < -0.39 is 0 Å². The second-order valence-electron chi connectivity index (χ2n) is 3.34. The molecule has 64 valence electrons. The number of furan rings is 1. The number of hydrogen-bond donors (Lipinski definition) is 0. The van der Waals surface area contributed by atoms with Gasteiger partial charge in [0.05, 0.1) is 5.41 Å². The van der Waals surface area contributed by atoms with Gasteiger partial charge in [-0.15, -0.1) is 0 Å². The molecule has 12 heavy (non-hydrogen) atoms. The van der Waals surface area contributed by atoms with Gasteiger partial charge in [0.2, 0.25) is 0 Å². The van der Waals surface area contributed by atoms with Crippen molar-refractivity contribution in [3.8, 4) is 0 Å². The van der Waals surface area contributed by atoms with Crippen molar-refractivity contribution in [3.05, 3.63) is 22.1 Å². The highest BCUT2D eigenvalue weighted by Gasteiger charge is 2.48. The lowest BCUT2D eigenvalue weighted by atomic mass is 10.0. The summed E-state index contributed by atoms with van der Waals surface area (Å²) >= 11 is 3.25. The molecule has 0 N–H and O–H groups in total. The molecule has 2 nitrogen and oxygen atoms in total. The summed E-state index contributed by atoms with van der Waals surface area (Å²) in [6.45, 7) is 1.97. The molecule has 0 aromatic carbocycles. The molecular weight excluding hydrogens is 220 g/mol. The second-order valence-corrected chi connectivity index (χ2v) is 4.12. The maximum absolute atomic E-state index is 10.8. The van der Waals surface area contributed by atoms with Crippen molar-refractivity contribution in [3.63, 3.8) is 0 Å². The largest absolute Gasteiger partial charge is 0.453 e. The quantitative estimate of drug-likeness (QED) is 0.729. The normalized spacial score (nSPS) is 19.2. The minimum absolute atomic E-state index is 0.282. The first-order valence-corrected chi connectivity index (χ1v) is 4.70. The Morgan fingerprint density at radius 1 is 1.67 bits per heavy atom. The Balaban J connectivity index is 2.45. The van der Waals surface area contributed by atoms with Crippen LogP contribution in [0.3, 0.4) is 0 Å².